The van der Waals surface area contributed by atoms with Crippen LogP contribution < -0.4 is 10.2 Å². The molecule has 5 heteroatoms. The molecule has 0 aliphatic rings. The van der Waals surface area contributed by atoms with Gasteiger partial charge in [-0.3, -0.25) is 9.59 Å². The largest absolute Gasteiger partial charge is 0.356 e. The highest BCUT2D eigenvalue weighted by Gasteiger charge is 2.13. The van der Waals surface area contributed by atoms with Crippen LogP contribution >= 0.6 is 0 Å². The van der Waals surface area contributed by atoms with Crippen LogP contribution in [0, 0.1) is 5.82 Å². The molecule has 0 spiro atoms. The van der Waals surface area contributed by atoms with Crippen LogP contribution in [-0.4, -0.2) is 24.9 Å². The summed E-state index contributed by atoms with van der Waals surface area (Å²) >= 11 is 0. The number of carbonyl (C=O) groups is 2. The maximum atomic E-state index is 13.3. The second-order valence-corrected chi connectivity index (χ2v) is 5.84. The molecule has 0 bridgehead atoms. The Bertz CT molecular complexity index is 704. The van der Waals surface area contributed by atoms with Gasteiger partial charge >= 0.3 is 0 Å². The van der Waals surface area contributed by atoms with Crippen molar-refractivity contribution in [2.24, 2.45) is 0 Å². The van der Waals surface area contributed by atoms with E-state index in [2.05, 4.69) is 17.4 Å². The average Bonchev–Trinajstić information content (AvgIpc) is 2.59. The maximum Gasteiger partial charge on any atom is 0.223 e. The summed E-state index contributed by atoms with van der Waals surface area (Å²) in [7, 11) is 0. The first-order chi connectivity index (χ1) is 12.1. The van der Waals surface area contributed by atoms with E-state index in [1.54, 1.807) is 12.1 Å². The van der Waals surface area contributed by atoms with Crippen LogP contribution in [0.25, 0.3) is 0 Å². The standard InChI is InChI=1S/C20H23FN2O2/c1-16(24)23(19-11-5-10-18(21)15-19)14-12-20(25)22-13-6-9-17-7-3-2-4-8-17/h2-5,7-8,10-11,15H,6,9,12-14H2,1H3,(H,22,25). The lowest BCUT2D eigenvalue weighted by Gasteiger charge is -2.21. The summed E-state index contributed by atoms with van der Waals surface area (Å²) in [5.74, 6) is -0.743. The molecule has 132 valence electrons. The average molecular weight is 342 g/mol. The van der Waals surface area contributed by atoms with Crippen molar-refractivity contribution in [3.8, 4) is 0 Å². The summed E-state index contributed by atoms with van der Waals surface area (Å²) in [6, 6.07) is 15.9. The number of benzene rings is 2. The van der Waals surface area contributed by atoms with Crippen molar-refractivity contribution >= 4 is 17.5 Å². The number of nitrogens with one attached hydrogen (secondary N) is 1. The molecule has 0 aliphatic carbocycles. The normalized spacial score (nSPS) is 10.3. The molecule has 2 aromatic rings. The van der Waals surface area contributed by atoms with Crippen LogP contribution in [0.3, 0.4) is 0 Å². The van der Waals surface area contributed by atoms with Gasteiger partial charge in [0.1, 0.15) is 5.82 Å². The molecule has 0 fully saturated rings. The maximum absolute atomic E-state index is 13.3. The van der Waals surface area contributed by atoms with Gasteiger partial charge in [0.15, 0.2) is 0 Å². The molecule has 0 aromatic heterocycles. The number of halogens is 1. The molecular formula is C20H23FN2O2. The molecule has 2 aromatic carbocycles. The zero-order valence-electron chi connectivity index (χ0n) is 14.4. The molecule has 0 unspecified atom stereocenters. The fourth-order valence-corrected chi connectivity index (χ4v) is 2.58. The van der Waals surface area contributed by atoms with Gasteiger partial charge < -0.3 is 10.2 Å². The lowest BCUT2D eigenvalue weighted by atomic mass is 10.1. The van der Waals surface area contributed by atoms with Crippen LogP contribution in [0.15, 0.2) is 54.6 Å². The van der Waals surface area contributed by atoms with Gasteiger partial charge in [0.25, 0.3) is 0 Å². The Morgan fingerprint density at radius 2 is 1.84 bits per heavy atom. The predicted octanol–water partition coefficient (Wildman–Crippen LogP) is 3.32. The Morgan fingerprint density at radius 3 is 2.52 bits per heavy atom. The van der Waals surface area contributed by atoms with E-state index in [0.29, 0.717) is 12.2 Å². The first-order valence-electron chi connectivity index (χ1n) is 8.40. The van der Waals surface area contributed by atoms with Crippen molar-refractivity contribution in [3.63, 3.8) is 0 Å². The number of carbonyl (C=O) groups excluding carboxylic acids is 2. The molecule has 0 radical (unpaired) electrons. The van der Waals surface area contributed by atoms with Crippen LogP contribution in [0.4, 0.5) is 10.1 Å². The Kier molecular flexibility index (Phi) is 7.14. The first-order valence-corrected chi connectivity index (χ1v) is 8.40. The number of rotatable bonds is 8. The molecule has 0 aliphatic heterocycles. The van der Waals surface area contributed by atoms with E-state index in [4.69, 9.17) is 0 Å². The Hall–Kier alpha value is -2.69. The summed E-state index contributed by atoms with van der Waals surface area (Å²) < 4.78 is 13.3. The Morgan fingerprint density at radius 1 is 1.08 bits per heavy atom. The summed E-state index contributed by atoms with van der Waals surface area (Å²) in [6.45, 7) is 2.22. The topological polar surface area (TPSA) is 49.4 Å². The number of hydrogen-bond acceptors (Lipinski definition) is 2. The third-order valence-electron chi connectivity index (χ3n) is 3.87. The molecular weight excluding hydrogens is 319 g/mol. The molecule has 25 heavy (non-hydrogen) atoms. The molecule has 0 saturated heterocycles. The first kappa shape index (κ1) is 18.6. The van der Waals surface area contributed by atoms with Gasteiger partial charge in [0.2, 0.25) is 11.8 Å². The molecule has 2 amide bonds. The number of nitrogens with zero attached hydrogens (tertiary/aromatic N) is 1. The van der Waals surface area contributed by atoms with Crippen molar-refractivity contribution in [2.45, 2.75) is 26.2 Å². The summed E-state index contributed by atoms with van der Waals surface area (Å²) in [6.07, 6.45) is 1.95. The number of amides is 2. The van der Waals surface area contributed by atoms with Crippen molar-refractivity contribution in [3.05, 3.63) is 66.0 Å². The quantitative estimate of drug-likeness (QED) is 0.748. The zero-order valence-corrected chi connectivity index (χ0v) is 14.4. The lowest BCUT2D eigenvalue weighted by Crippen LogP contribution is -2.34. The fraction of sp³-hybridized carbons (Fsp3) is 0.300. The molecule has 0 heterocycles. The van der Waals surface area contributed by atoms with Gasteiger partial charge in [-0.15, -0.1) is 0 Å². The smallest absolute Gasteiger partial charge is 0.223 e. The second kappa shape index (κ2) is 9.57. The third kappa shape index (κ3) is 6.37. The summed E-state index contributed by atoms with van der Waals surface area (Å²) in [4.78, 5) is 25.1. The van der Waals surface area contributed by atoms with Gasteiger partial charge in [0.05, 0.1) is 0 Å². The van der Waals surface area contributed by atoms with Crippen molar-refractivity contribution < 1.29 is 14.0 Å². The van der Waals surface area contributed by atoms with Crippen molar-refractivity contribution in [1.82, 2.24) is 5.32 Å². The third-order valence-corrected chi connectivity index (χ3v) is 3.87. The van der Waals surface area contributed by atoms with Crippen LogP contribution in [0.1, 0.15) is 25.3 Å². The van der Waals surface area contributed by atoms with Crippen LogP contribution in [-0.2, 0) is 16.0 Å². The highest BCUT2D eigenvalue weighted by atomic mass is 19.1. The van der Waals surface area contributed by atoms with Gasteiger partial charge in [-0.1, -0.05) is 36.4 Å². The molecule has 4 nitrogen and oxygen atoms in total. The monoisotopic (exact) mass is 342 g/mol. The minimum Gasteiger partial charge on any atom is -0.356 e. The van der Waals surface area contributed by atoms with E-state index < -0.39 is 5.82 Å². The molecule has 1 N–H and O–H groups in total. The lowest BCUT2D eigenvalue weighted by molar-refractivity contribution is -0.121. The summed E-state index contributed by atoms with van der Waals surface area (Å²) in [5, 5.41) is 2.86. The summed E-state index contributed by atoms with van der Waals surface area (Å²) in [5.41, 5.74) is 1.70. The molecule has 2 rings (SSSR count). The fourth-order valence-electron chi connectivity index (χ4n) is 2.58. The minimum atomic E-state index is -0.408. The van der Waals surface area contributed by atoms with E-state index in [1.807, 2.05) is 18.2 Å². The second-order valence-electron chi connectivity index (χ2n) is 5.84. The highest BCUT2D eigenvalue weighted by molar-refractivity contribution is 5.92. The van der Waals surface area contributed by atoms with Gasteiger partial charge in [0, 0.05) is 32.1 Å². The SMILES string of the molecule is CC(=O)N(CCC(=O)NCCCc1ccccc1)c1cccc(F)c1. The minimum absolute atomic E-state index is 0.115. The van der Waals surface area contributed by atoms with Crippen molar-refractivity contribution in [1.29, 1.82) is 0 Å². The van der Waals surface area contributed by atoms with Gasteiger partial charge in [-0.05, 0) is 36.6 Å². The zero-order chi connectivity index (χ0) is 18.1. The number of anilines is 1. The van der Waals surface area contributed by atoms with Gasteiger partial charge in [-0.2, -0.15) is 0 Å². The highest BCUT2D eigenvalue weighted by Crippen LogP contribution is 2.16. The van der Waals surface area contributed by atoms with E-state index in [-0.39, 0.29) is 24.8 Å². The van der Waals surface area contributed by atoms with E-state index in [0.717, 1.165) is 12.8 Å². The van der Waals surface area contributed by atoms with Crippen molar-refractivity contribution in [2.75, 3.05) is 18.0 Å². The molecule has 0 saturated carbocycles. The number of hydrogen-bond donors (Lipinski definition) is 1. The predicted molar refractivity (Wildman–Crippen MR) is 96.8 cm³/mol. The van der Waals surface area contributed by atoms with Gasteiger partial charge in [-0.25, -0.2) is 4.39 Å². The molecule has 0 atom stereocenters. The number of aryl methyl sites for hydroxylation is 1. The van der Waals surface area contributed by atoms with E-state index in [1.165, 1.54) is 29.5 Å². The van der Waals surface area contributed by atoms with Crippen LogP contribution in [0.5, 0.6) is 0 Å². The van der Waals surface area contributed by atoms with E-state index >= 15 is 0 Å². The Labute approximate surface area is 147 Å². The van der Waals surface area contributed by atoms with E-state index in [9.17, 15) is 14.0 Å². The Balaban J connectivity index is 1.74. The van der Waals surface area contributed by atoms with Crippen LogP contribution in [0.2, 0.25) is 0 Å².